The van der Waals surface area contributed by atoms with Gasteiger partial charge in [-0.1, -0.05) is 27.7 Å². The molecule has 2 N–H and O–H groups in total. The van der Waals surface area contributed by atoms with Gasteiger partial charge < -0.3 is 10.4 Å². The van der Waals surface area contributed by atoms with Crippen LogP contribution in [0.15, 0.2) is 0 Å². The van der Waals surface area contributed by atoms with Crippen LogP contribution in [0, 0.1) is 11.3 Å². The molecule has 1 rings (SSSR count). The summed E-state index contributed by atoms with van der Waals surface area (Å²) in [7, 11) is 0. The van der Waals surface area contributed by atoms with Crippen LogP contribution in [0.2, 0.25) is 0 Å². The fraction of sp³-hybridized carbons (Fsp3) is 1.00. The SMILES string of the molecule is CC(C)CC(CO)NC1CCC(C)(C)C1. The molecule has 0 spiro atoms. The Morgan fingerprint density at radius 2 is 2.07 bits per heavy atom. The topological polar surface area (TPSA) is 32.3 Å². The van der Waals surface area contributed by atoms with Crippen LogP contribution in [-0.2, 0) is 0 Å². The van der Waals surface area contributed by atoms with E-state index in [9.17, 15) is 5.11 Å². The zero-order valence-corrected chi connectivity index (χ0v) is 10.7. The van der Waals surface area contributed by atoms with Crippen molar-refractivity contribution < 1.29 is 5.11 Å². The molecule has 0 aromatic carbocycles. The van der Waals surface area contributed by atoms with Crippen LogP contribution in [0.5, 0.6) is 0 Å². The summed E-state index contributed by atoms with van der Waals surface area (Å²) < 4.78 is 0. The van der Waals surface area contributed by atoms with Gasteiger partial charge in [-0.15, -0.1) is 0 Å². The van der Waals surface area contributed by atoms with Crippen molar-refractivity contribution in [2.75, 3.05) is 6.61 Å². The highest BCUT2D eigenvalue weighted by molar-refractivity contribution is 4.88. The van der Waals surface area contributed by atoms with Crippen LogP contribution >= 0.6 is 0 Å². The standard InChI is InChI=1S/C13H27NO/c1-10(2)7-12(9-15)14-11-5-6-13(3,4)8-11/h10-12,14-15H,5-9H2,1-4H3. The molecule has 0 bridgehead atoms. The molecule has 1 fully saturated rings. The third-order valence-electron chi connectivity index (χ3n) is 3.42. The zero-order valence-electron chi connectivity index (χ0n) is 10.7. The van der Waals surface area contributed by atoms with Gasteiger partial charge in [-0.05, 0) is 37.0 Å². The van der Waals surface area contributed by atoms with Gasteiger partial charge >= 0.3 is 0 Å². The molecule has 0 aliphatic heterocycles. The van der Waals surface area contributed by atoms with Gasteiger partial charge in [-0.2, -0.15) is 0 Å². The molecule has 0 amide bonds. The Morgan fingerprint density at radius 1 is 1.40 bits per heavy atom. The van der Waals surface area contributed by atoms with Crippen LogP contribution in [0.1, 0.15) is 53.4 Å². The molecule has 0 saturated heterocycles. The van der Waals surface area contributed by atoms with Gasteiger partial charge in [0.2, 0.25) is 0 Å². The maximum absolute atomic E-state index is 9.30. The molecule has 0 radical (unpaired) electrons. The largest absolute Gasteiger partial charge is 0.395 e. The molecule has 1 aliphatic rings. The van der Waals surface area contributed by atoms with Gasteiger partial charge in [0, 0.05) is 12.1 Å². The first kappa shape index (κ1) is 13.0. The van der Waals surface area contributed by atoms with E-state index in [0.717, 1.165) is 6.42 Å². The Balaban J connectivity index is 2.33. The third kappa shape index (κ3) is 4.52. The van der Waals surface area contributed by atoms with E-state index in [4.69, 9.17) is 0 Å². The number of aliphatic hydroxyl groups is 1. The molecule has 0 heterocycles. The second-order valence-corrected chi connectivity index (χ2v) is 6.28. The summed E-state index contributed by atoms with van der Waals surface area (Å²) in [5.74, 6) is 0.657. The summed E-state index contributed by atoms with van der Waals surface area (Å²) in [5.41, 5.74) is 0.496. The lowest BCUT2D eigenvalue weighted by Crippen LogP contribution is -2.40. The predicted molar refractivity (Wildman–Crippen MR) is 64.9 cm³/mol. The number of hydrogen-bond acceptors (Lipinski definition) is 2. The number of hydrogen-bond donors (Lipinski definition) is 2. The van der Waals surface area contributed by atoms with Gasteiger partial charge in [0.05, 0.1) is 6.61 Å². The van der Waals surface area contributed by atoms with Crippen LogP contribution in [-0.4, -0.2) is 23.8 Å². The molecule has 2 nitrogen and oxygen atoms in total. The minimum absolute atomic E-state index is 0.273. The monoisotopic (exact) mass is 213 g/mol. The molecule has 15 heavy (non-hydrogen) atoms. The van der Waals surface area contributed by atoms with E-state index in [1.54, 1.807) is 0 Å². The van der Waals surface area contributed by atoms with Crippen LogP contribution in [0.3, 0.4) is 0 Å². The fourth-order valence-corrected chi connectivity index (χ4v) is 2.68. The van der Waals surface area contributed by atoms with Crippen LogP contribution in [0.25, 0.3) is 0 Å². The lowest BCUT2D eigenvalue weighted by molar-refractivity contribution is 0.210. The van der Waals surface area contributed by atoms with Gasteiger partial charge in [-0.3, -0.25) is 0 Å². The predicted octanol–water partition coefficient (Wildman–Crippen LogP) is 2.56. The summed E-state index contributed by atoms with van der Waals surface area (Å²) >= 11 is 0. The highest BCUT2D eigenvalue weighted by Crippen LogP contribution is 2.37. The average Bonchev–Trinajstić information content (AvgIpc) is 2.43. The quantitative estimate of drug-likeness (QED) is 0.735. The van der Waals surface area contributed by atoms with Crippen molar-refractivity contribution in [1.82, 2.24) is 5.32 Å². The number of rotatable bonds is 5. The summed E-state index contributed by atoms with van der Waals surface area (Å²) in [5, 5.41) is 12.9. The Bertz CT molecular complexity index is 189. The van der Waals surface area contributed by atoms with E-state index in [1.807, 2.05) is 0 Å². The van der Waals surface area contributed by atoms with Crippen molar-refractivity contribution in [3.8, 4) is 0 Å². The smallest absolute Gasteiger partial charge is 0.0584 e. The second-order valence-electron chi connectivity index (χ2n) is 6.28. The van der Waals surface area contributed by atoms with Gasteiger partial charge in [0.25, 0.3) is 0 Å². The first-order chi connectivity index (χ1) is 6.93. The third-order valence-corrected chi connectivity index (χ3v) is 3.42. The Morgan fingerprint density at radius 3 is 2.47 bits per heavy atom. The minimum atomic E-state index is 0.273. The molecule has 2 heteroatoms. The lowest BCUT2D eigenvalue weighted by atomic mass is 9.91. The molecule has 90 valence electrons. The van der Waals surface area contributed by atoms with Crippen molar-refractivity contribution in [3.05, 3.63) is 0 Å². The van der Waals surface area contributed by atoms with E-state index in [1.165, 1.54) is 19.3 Å². The summed E-state index contributed by atoms with van der Waals surface area (Å²) in [6.07, 6.45) is 4.90. The van der Waals surface area contributed by atoms with Crippen molar-refractivity contribution in [1.29, 1.82) is 0 Å². The number of aliphatic hydroxyl groups excluding tert-OH is 1. The van der Waals surface area contributed by atoms with Crippen molar-refractivity contribution in [2.45, 2.75) is 65.5 Å². The lowest BCUT2D eigenvalue weighted by Gasteiger charge is -2.24. The molecule has 0 aromatic heterocycles. The first-order valence-corrected chi connectivity index (χ1v) is 6.30. The van der Waals surface area contributed by atoms with E-state index < -0.39 is 0 Å². The van der Waals surface area contributed by atoms with Crippen molar-refractivity contribution in [3.63, 3.8) is 0 Å². The first-order valence-electron chi connectivity index (χ1n) is 6.30. The molecule has 1 saturated carbocycles. The van der Waals surface area contributed by atoms with E-state index in [-0.39, 0.29) is 6.61 Å². The minimum Gasteiger partial charge on any atom is -0.395 e. The molecule has 2 unspecified atom stereocenters. The fourth-order valence-electron chi connectivity index (χ4n) is 2.68. The van der Waals surface area contributed by atoms with Gasteiger partial charge in [0.15, 0.2) is 0 Å². The Hall–Kier alpha value is -0.0800. The second kappa shape index (κ2) is 5.31. The van der Waals surface area contributed by atoms with E-state index in [2.05, 4.69) is 33.0 Å². The molecule has 2 atom stereocenters. The van der Waals surface area contributed by atoms with E-state index >= 15 is 0 Å². The molecule has 0 aromatic rings. The van der Waals surface area contributed by atoms with Crippen molar-refractivity contribution >= 4 is 0 Å². The molecule has 1 aliphatic carbocycles. The molecular formula is C13H27NO. The Labute approximate surface area is 94.5 Å². The van der Waals surface area contributed by atoms with Crippen LogP contribution in [0.4, 0.5) is 0 Å². The van der Waals surface area contributed by atoms with E-state index in [0.29, 0.717) is 23.4 Å². The Kier molecular flexibility index (Phi) is 4.60. The highest BCUT2D eigenvalue weighted by Gasteiger charge is 2.31. The zero-order chi connectivity index (χ0) is 11.5. The van der Waals surface area contributed by atoms with Gasteiger partial charge in [0.1, 0.15) is 0 Å². The maximum Gasteiger partial charge on any atom is 0.0584 e. The highest BCUT2D eigenvalue weighted by atomic mass is 16.3. The summed E-state index contributed by atoms with van der Waals surface area (Å²) in [6.45, 7) is 9.37. The normalized spacial score (nSPS) is 27.2. The summed E-state index contributed by atoms with van der Waals surface area (Å²) in [6, 6.07) is 0.916. The average molecular weight is 213 g/mol. The van der Waals surface area contributed by atoms with Crippen molar-refractivity contribution in [2.24, 2.45) is 11.3 Å². The molecular weight excluding hydrogens is 186 g/mol. The number of nitrogens with one attached hydrogen (secondary N) is 1. The van der Waals surface area contributed by atoms with Gasteiger partial charge in [-0.25, -0.2) is 0 Å². The van der Waals surface area contributed by atoms with Crippen LogP contribution < -0.4 is 5.32 Å². The summed E-state index contributed by atoms with van der Waals surface area (Å²) in [4.78, 5) is 0. The maximum atomic E-state index is 9.30.